The zero-order valence-electron chi connectivity index (χ0n) is 52.0. The van der Waals surface area contributed by atoms with Crippen LogP contribution in [-0.2, 0) is 14.3 Å². The number of hydrogen-bond acceptors (Lipinski definition) is 5. The van der Waals surface area contributed by atoms with Gasteiger partial charge in [-0.2, -0.15) is 0 Å². The number of carbonyl (C=O) groups is 2. The van der Waals surface area contributed by atoms with E-state index in [1.807, 2.05) is 0 Å². The molecule has 77 heavy (non-hydrogen) atoms. The lowest BCUT2D eigenvalue weighted by molar-refractivity contribution is -0.143. The Morgan fingerprint density at radius 3 is 1.04 bits per heavy atom. The third-order valence-corrected chi connectivity index (χ3v) is 16.2. The molecule has 0 saturated heterocycles. The number of nitrogens with one attached hydrogen (secondary N) is 1. The fourth-order valence-corrected chi connectivity index (χ4v) is 10.8. The molecule has 0 radical (unpaired) electrons. The molecule has 0 aromatic heterocycles. The van der Waals surface area contributed by atoms with E-state index in [0.717, 1.165) is 51.4 Å². The molecule has 6 nitrogen and oxygen atoms in total. The molecule has 0 aromatic rings. The van der Waals surface area contributed by atoms with Crippen LogP contribution in [0.5, 0.6) is 0 Å². The summed E-state index contributed by atoms with van der Waals surface area (Å²) in [6.07, 6.45) is 84.7. The Labute approximate surface area is 481 Å². The van der Waals surface area contributed by atoms with Crippen molar-refractivity contribution in [3.63, 3.8) is 0 Å². The van der Waals surface area contributed by atoms with Crippen LogP contribution in [0.15, 0.2) is 36.5 Å². The smallest absolute Gasteiger partial charge is 0.305 e. The highest BCUT2D eigenvalue weighted by Crippen LogP contribution is 2.18. The maximum Gasteiger partial charge on any atom is 0.305 e. The summed E-state index contributed by atoms with van der Waals surface area (Å²) in [5.41, 5.74) is 0. The van der Waals surface area contributed by atoms with Crippen molar-refractivity contribution in [2.24, 2.45) is 0 Å². The molecule has 454 valence electrons. The quantitative estimate of drug-likeness (QED) is 0.0320. The van der Waals surface area contributed by atoms with Crippen LogP contribution in [-0.4, -0.2) is 47.4 Å². The van der Waals surface area contributed by atoms with Crippen LogP contribution in [0.3, 0.4) is 0 Å². The van der Waals surface area contributed by atoms with Gasteiger partial charge in [-0.25, -0.2) is 0 Å². The summed E-state index contributed by atoms with van der Waals surface area (Å²) in [7, 11) is 0. The standard InChI is InChI=1S/C71H135NO5/c1-3-5-7-9-11-13-15-17-19-33-36-39-43-47-51-55-59-63-69(74)68(67-73)72-70(75)64-60-56-52-48-44-40-37-34-31-29-27-25-23-21-20-22-24-26-28-30-32-35-38-42-46-50-54-58-62-66-77-71(76)65-61-57-53-49-45-41-18-16-14-12-10-8-6-4-2/h10,12,16,18,20,22,68-69,73-74H,3-9,11,13-15,17,19,21,23-67H2,1-2H3,(H,72,75)/b12-10-,18-16-,22-20-. The number of aliphatic hydroxyl groups excluding tert-OH is 2. The molecule has 2 unspecified atom stereocenters. The Morgan fingerprint density at radius 2 is 0.662 bits per heavy atom. The van der Waals surface area contributed by atoms with Gasteiger partial charge in [-0.15, -0.1) is 0 Å². The molecule has 0 spiro atoms. The molecule has 0 aliphatic carbocycles. The third-order valence-electron chi connectivity index (χ3n) is 16.2. The number of ether oxygens (including phenoxy) is 1. The number of esters is 1. The van der Waals surface area contributed by atoms with E-state index in [1.54, 1.807) is 0 Å². The Morgan fingerprint density at radius 1 is 0.364 bits per heavy atom. The maximum absolute atomic E-state index is 12.5. The lowest BCUT2D eigenvalue weighted by atomic mass is 10.0. The van der Waals surface area contributed by atoms with Gasteiger partial charge in [0.1, 0.15) is 0 Å². The van der Waals surface area contributed by atoms with Crippen LogP contribution in [0.2, 0.25) is 0 Å². The molecule has 0 aromatic carbocycles. The minimum absolute atomic E-state index is 0.00213. The van der Waals surface area contributed by atoms with Gasteiger partial charge in [0.15, 0.2) is 0 Å². The number of hydrogen-bond donors (Lipinski definition) is 3. The Kier molecular flexibility index (Phi) is 64.9. The molecule has 0 fully saturated rings. The lowest BCUT2D eigenvalue weighted by Crippen LogP contribution is -2.45. The van der Waals surface area contributed by atoms with Crippen molar-refractivity contribution < 1.29 is 24.5 Å². The summed E-state index contributed by atoms with van der Waals surface area (Å²) in [5, 5.41) is 23.4. The van der Waals surface area contributed by atoms with Gasteiger partial charge >= 0.3 is 5.97 Å². The topological polar surface area (TPSA) is 95.9 Å². The Bertz CT molecular complexity index is 1250. The molecule has 0 aliphatic heterocycles. The molecule has 0 rings (SSSR count). The highest BCUT2D eigenvalue weighted by molar-refractivity contribution is 5.76. The van der Waals surface area contributed by atoms with Crippen LogP contribution < -0.4 is 5.32 Å². The van der Waals surface area contributed by atoms with Crippen molar-refractivity contribution in [1.29, 1.82) is 0 Å². The summed E-state index contributed by atoms with van der Waals surface area (Å²) in [5.74, 6) is -0.0291. The van der Waals surface area contributed by atoms with Crippen LogP contribution in [0.25, 0.3) is 0 Å². The third kappa shape index (κ3) is 63.1. The molecule has 3 N–H and O–H groups in total. The molecule has 0 bridgehead atoms. The van der Waals surface area contributed by atoms with Crippen LogP contribution in [0.4, 0.5) is 0 Å². The van der Waals surface area contributed by atoms with E-state index in [-0.39, 0.29) is 18.5 Å². The predicted octanol–water partition coefficient (Wildman–Crippen LogP) is 22.3. The highest BCUT2D eigenvalue weighted by Gasteiger charge is 2.20. The second kappa shape index (κ2) is 66.6. The molecule has 0 heterocycles. The van der Waals surface area contributed by atoms with Crippen molar-refractivity contribution in [1.82, 2.24) is 5.32 Å². The lowest BCUT2D eigenvalue weighted by Gasteiger charge is -2.22. The van der Waals surface area contributed by atoms with Crippen molar-refractivity contribution >= 4 is 11.9 Å². The Hall–Kier alpha value is -1.92. The van der Waals surface area contributed by atoms with Crippen molar-refractivity contribution in [3.8, 4) is 0 Å². The first-order chi connectivity index (χ1) is 38.0. The van der Waals surface area contributed by atoms with Crippen LogP contribution in [0.1, 0.15) is 380 Å². The highest BCUT2D eigenvalue weighted by atomic mass is 16.5. The number of amides is 1. The SMILES string of the molecule is CCCC/C=C\C/C=C\CCCCCCCC(=O)OCCCCCCCCCCCCCC/C=C\CCCCCCCCCCCCCCCC(=O)NC(CO)C(O)CCCCCCCCCCCCCCCCCCC. The summed E-state index contributed by atoms with van der Waals surface area (Å²) < 4.78 is 5.48. The van der Waals surface area contributed by atoms with Gasteiger partial charge in [0, 0.05) is 12.8 Å². The minimum atomic E-state index is -0.664. The van der Waals surface area contributed by atoms with Gasteiger partial charge in [-0.1, -0.05) is 326 Å². The van der Waals surface area contributed by atoms with E-state index in [4.69, 9.17) is 4.74 Å². The van der Waals surface area contributed by atoms with E-state index in [1.165, 1.54) is 295 Å². The number of aliphatic hydroxyl groups is 2. The van der Waals surface area contributed by atoms with E-state index in [0.29, 0.717) is 25.9 Å². The molecule has 2 atom stereocenters. The number of allylic oxidation sites excluding steroid dienone is 6. The van der Waals surface area contributed by atoms with Crippen molar-refractivity contribution in [2.45, 2.75) is 392 Å². The summed E-state index contributed by atoms with van der Waals surface area (Å²) >= 11 is 0. The second-order valence-electron chi connectivity index (χ2n) is 23.9. The van der Waals surface area contributed by atoms with Crippen LogP contribution in [0, 0.1) is 0 Å². The summed E-state index contributed by atoms with van der Waals surface area (Å²) in [6, 6.07) is -0.541. The molecule has 0 aliphatic rings. The van der Waals surface area contributed by atoms with Crippen molar-refractivity contribution in [2.75, 3.05) is 13.2 Å². The zero-order chi connectivity index (χ0) is 55.7. The van der Waals surface area contributed by atoms with Gasteiger partial charge in [0.05, 0.1) is 25.4 Å². The minimum Gasteiger partial charge on any atom is -0.466 e. The molecular formula is C71H135NO5. The normalized spacial score (nSPS) is 12.7. The zero-order valence-corrected chi connectivity index (χ0v) is 52.0. The second-order valence-corrected chi connectivity index (χ2v) is 23.9. The Balaban J connectivity index is 3.37. The first-order valence-corrected chi connectivity index (χ1v) is 34.7. The molecule has 1 amide bonds. The average Bonchev–Trinajstić information content (AvgIpc) is 3.43. The fourth-order valence-electron chi connectivity index (χ4n) is 10.8. The number of rotatable bonds is 65. The van der Waals surface area contributed by atoms with Gasteiger partial charge in [-0.3, -0.25) is 9.59 Å². The molecule has 0 saturated carbocycles. The predicted molar refractivity (Wildman–Crippen MR) is 338 cm³/mol. The van der Waals surface area contributed by atoms with Crippen LogP contribution >= 0.6 is 0 Å². The number of carbonyl (C=O) groups excluding carboxylic acids is 2. The van der Waals surface area contributed by atoms with E-state index >= 15 is 0 Å². The van der Waals surface area contributed by atoms with Gasteiger partial charge < -0.3 is 20.3 Å². The van der Waals surface area contributed by atoms with Gasteiger partial charge in [0.2, 0.25) is 5.91 Å². The van der Waals surface area contributed by atoms with E-state index in [9.17, 15) is 19.8 Å². The monoisotopic (exact) mass is 1080 g/mol. The largest absolute Gasteiger partial charge is 0.466 e. The maximum atomic E-state index is 12.5. The van der Waals surface area contributed by atoms with Crippen molar-refractivity contribution in [3.05, 3.63) is 36.5 Å². The van der Waals surface area contributed by atoms with Gasteiger partial charge in [0.25, 0.3) is 0 Å². The first-order valence-electron chi connectivity index (χ1n) is 34.7. The summed E-state index contributed by atoms with van der Waals surface area (Å²) in [6.45, 7) is 4.94. The summed E-state index contributed by atoms with van der Waals surface area (Å²) in [4.78, 5) is 24.6. The molecule has 6 heteroatoms. The first kappa shape index (κ1) is 75.1. The number of unbranched alkanes of at least 4 members (excludes halogenated alkanes) is 48. The fraction of sp³-hybridized carbons (Fsp3) is 0.887. The average molecular weight is 1080 g/mol. The van der Waals surface area contributed by atoms with E-state index in [2.05, 4.69) is 55.6 Å². The molecular weight excluding hydrogens is 947 g/mol. The van der Waals surface area contributed by atoms with Gasteiger partial charge in [-0.05, 0) is 77.0 Å². The van der Waals surface area contributed by atoms with E-state index < -0.39 is 12.1 Å².